The monoisotopic (exact) mass is 447 g/mol. The molecule has 0 aromatic heterocycles. The molecule has 0 heterocycles. The molecule has 1 amide bonds. The molecule has 0 saturated carbocycles. The average molecular weight is 448 g/mol. The van der Waals surface area contributed by atoms with E-state index < -0.39 is 23.4 Å². The molecule has 1 N–H and O–H groups in total. The number of nitrogens with zero attached hydrogens (tertiary/aromatic N) is 1. The maximum absolute atomic E-state index is 14.0. The summed E-state index contributed by atoms with van der Waals surface area (Å²) in [5.74, 6) is -1.93. The molecule has 3 aromatic carbocycles. The van der Waals surface area contributed by atoms with Crippen molar-refractivity contribution >= 4 is 12.1 Å². The Morgan fingerprint density at radius 2 is 1.58 bits per heavy atom. The predicted molar refractivity (Wildman–Crippen MR) is 123 cm³/mol. The Labute approximate surface area is 192 Å². The molecule has 170 valence electrons. The van der Waals surface area contributed by atoms with Crippen LogP contribution in [0, 0.1) is 5.82 Å². The van der Waals surface area contributed by atoms with E-state index in [0.717, 1.165) is 28.3 Å². The van der Waals surface area contributed by atoms with E-state index >= 15 is 0 Å². The number of hydrogen-bond donors (Lipinski definition) is 1. The number of carboxylic acid groups (broad SMARTS) is 1. The Bertz CT molecular complexity index is 1150. The summed E-state index contributed by atoms with van der Waals surface area (Å²) in [7, 11) is 0. The summed E-state index contributed by atoms with van der Waals surface area (Å²) >= 11 is 0. The lowest BCUT2D eigenvalue weighted by Crippen LogP contribution is -2.54. The Kier molecular flexibility index (Phi) is 6.18. The van der Waals surface area contributed by atoms with Crippen LogP contribution < -0.4 is 0 Å². The van der Waals surface area contributed by atoms with Crippen LogP contribution in [-0.4, -0.2) is 35.2 Å². The Balaban J connectivity index is 1.64. The second-order valence-corrected chi connectivity index (χ2v) is 8.08. The summed E-state index contributed by atoms with van der Waals surface area (Å²) in [5, 5.41) is 10.2. The highest BCUT2D eigenvalue weighted by molar-refractivity contribution is 5.86. The normalized spacial score (nSPS) is 14.2. The largest absolute Gasteiger partial charge is 0.479 e. The second-order valence-electron chi connectivity index (χ2n) is 8.08. The van der Waals surface area contributed by atoms with Crippen molar-refractivity contribution in [1.82, 2.24) is 4.90 Å². The standard InChI is InChI=1S/C27H26FNO4/c1-3-27(25(30)31,18-10-9-11-19(28)16-18)29(4-2)26(32)33-17-24-22-14-7-5-12-20(22)21-13-6-8-15-23(21)24/h5-16,24H,3-4,17H2,1-2H3,(H,30,31). The third-order valence-corrected chi connectivity index (χ3v) is 6.50. The fraction of sp³-hybridized carbons (Fsp3) is 0.259. The number of rotatable bonds is 7. The first-order valence-electron chi connectivity index (χ1n) is 11.1. The fourth-order valence-electron chi connectivity index (χ4n) is 4.91. The van der Waals surface area contributed by atoms with Gasteiger partial charge in [-0.25, -0.2) is 14.0 Å². The topological polar surface area (TPSA) is 66.8 Å². The molecule has 0 fully saturated rings. The molecule has 1 aliphatic rings. The molecule has 0 saturated heterocycles. The van der Waals surface area contributed by atoms with E-state index in [4.69, 9.17) is 4.74 Å². The van der Waals surface area contributed by atoms with Gasteiger partial charge < -0.3 is 9.84 Å². The third kappa shape index (κ3) is 3.75. The van der Waals surface area contributed by atoms with Crippen LogP contribution in [0.5, 0.6) is 0 Å². The molecular weight excluding hydrogens is 421 g/mol. The van der Waals surface area contributed by atoms with Gasteiger partial charge in [-0.05, 0) is 53.3 Å². The minimum Gasteiger partial charge on any atom is -0.479 e. The predicted octanol–water partition coefficient (Wildman–Crippen LogP) is 5.79. The van der Waals surface area contributed by atoms with Crippen LogP contribution in [0.2, 0.25) is 0 Å². The molecule has 1 aliphatic carbocycles. The van der Waals surface area contributed by atoms with Crippen LogP contribution >= 0.6 is 0 Å². The van der Waals surface area contributed by atoms with Crippen LogP contribution in [0.15, 0.2) is 72.8 Å². The van der Waals surface area contributed by atoms with Gasteiger partial charge in [0, 0.05) is 12.5 Å². The minimum atomic E-state index is -1.74. The lowest BCUT2D eigenvalue weighted by Gasteiger charge is -2.39. The van der Waals surface area contributed by atoms with Gasteiger partial charge in [0.1, 0.15) is 12.4 Å². The van der Waals surface area contributed by atoms with Gasteiger partial charge in [0.05, 0.1) is 0 Å². The zero-order chi connectivity index (χ0) is 23.6. The van der Waals surface area contributed by atoms with Crippen molar-refractivity contribution < 1.29 is 23.8 Å². The van der Waals surface area contributed by atoms with Crippen LogP contribution in [0.4, 0.5) is 9.18 Å². The highest BCUT2D eigenvalue weighted by Gasteiger charge is 2.47. The molecule has 1 unspecified atom stereocenters. The van der Waals surface area contributed by atoms with E-state index in [1.807, 2.05) is 48.5 Å². The molecule has 5 nitrogen and oxygen atoms in total. The number of ether oxygens (including phenoxy) is 1. The molecule has 1 atom stereocenters. The van der Waals surface area contributed by atoms with Crippen molar-refractivity contribution in [3.63, 3.8) is 0 Å². The lowest BCUT2D eigenvalue weighted by atomic mass is 9.85. The molecule has 3 aromatic rings. The highest BCUT2D eigenvalue weighted by Crippen LogP contribution is 2.44. The van der Waals surface area contributed by atoms with E-state index in [-0.39, 0.29) is 31.1 Å². The number of fused-ring (bicyclic) bond motifs is 3. The Morgan fingerprint density at radius 1 is 0.970 bits per heavy atom. The van der Waals surface area contributed by atoms with Crippen molar-refractivity contribution in [3.05, 3.63) is 95.3 Å². The molecule has 33 heavy (non-hydrogen) atoms. The SMILES string of the molecule is CCN(C(=O)OCC1c2ccccc2-c2ccccc21)C(CC)(C(=O)O)c1cccc(F)c1. The lowest BCUT2D eigenvalue weighted by molar-refractivity contribution is -0.151. The number of carbonyl (C=O) groups is 2. The number of carboxylic acids is 1. The molecule has 6 heteroatoms. The van der Waals surface area contributed by atoms with Crippen molar-refractivity contribution in [2.45, 2.75) is 31.7 Å². The Morgan fingerprint density at radius 3 is 2.09 bits per heavy atom. The van der Waals surface area contributed by atoms with Crippen LogP contribution in [0.3, 0.4) is 0 Å². The second kappa shape index (κ2) is 9.06. The van der Waals surface area contributed by atoms with E-state index in [9.17, 15) is 19.1 Å². The molecule has 4 rings (SSSR count). The van der Waals surface area contributed by atoms with E-state index in [1.165, 1.54) is 23.1 Å². The van der Waals surface area contributed by atoms with E-state index in [2.05, 4.69) is 0 Å². The number of likely N-dealkylation sites (N-methyl/N-ethyl adjacent to an activating group) is 1. The van der Waals surface area contributed by atoms with Crippen molar-refractivity contribution in [3.8, 4) is 11.1 Å². The van der Waals surface area contributed by atoms with Gasteiger partial charge in [0.25, 0.3) is 0 Å². The summed E-state index contributed by atoms with van der Waals surface area (Å²) in [6, 6.07) is 21.4. The smallest absolute Gasteiger partial charge is 0.411 e. The number of amides is 1. The van der Waals surface area contributed by atoms with Gasteiger partial charge in [-0.1, -0.05) is 67.6 Å². The number of aliphatic carboxylic acids is 1. The number of benzene rings is 3. The average Bonchev–Trinajstić information content (AvgIpc) is 3.14. The first kappa shape index (κ1) is 22.5. The summed E-state index contributed by atoms with van der Waals surface area (Å²) in [6.07, 6.45) is -0.683. The number of carbonyl (C=O) groups excluding carboxylic acids is 1. The number of hydrogen-bond acceptors (Lipinski definition) is 3. The maximum Gasteiger partial charge on any atom is 0.411 e. The zero-order valence-electron chi connectivity index (χ0n) is 18.6. The molecule has 0 radical (unpaired) electrons. The molecule has 0 spiro atoms. The first-order chi connectivity index (χ1) is 15.9. The molecular formula is C27H26FNO4. The molecule has 0 bridgehead atoms. The van der Waals surface area contributed by atoms with Gasteiger partial charge >= 0.3 is 12.1 Å². The highest BCUT2D eigenvalue weighted by atomic mass is 19.1. The number of halogens is 1. The van der Waals surface area contributed by atoms with Gasteiger partial charge in [-0.3, -0.25) is 4.90 Å². The zero-order valence-corrected chi connectivity index (χ0v) is 18.6. The van der Waals surface area contributed by atoms with Crippen LogP contribution in [0.1, 0.15) is 42.9 Å². The van der Waals surface area contributed by atoms with Gasteiger partial charge in [0.2, 0.25) is 0 Å². The quantitative estimate of drug-likeness (QED) is 0.498. The maximum atomic E-state index is 14.0. The van der Waals surface area contributed by atoms with Crippen LogP contribution in [0.25, 0.3) is 11.1 Å². The minimum absolute atomic E-state index is 0.0593. The summed E-state index contributed by atoms with van der Waals surface area (Å²) in [4.78, 5) is 26.9. The molecule has 0 aliphatic heterocycles. The third-order valence-electron chi connectivity index (χ3n) is 6.50. The summed E-state index contributed by atoms with van der Waals surface area (Å²) in [5.41, 5.74) is 2.82. The fourth-order valence-corrected chi connectivity index (χ4v) is 4.91. The van der Waals surface area contributed by atoms with Crippen molar-refractivity contribution in [2.75, 3.05) is 13.2 Å². The van der Waals surface area contributed by atoms with Crippen molar-refractivity contribution in [1.29, 1.82) is 0 Å². The van der Waals surface area contributed by atoms with Gasteiger partial charge in [0.15, 0.2) is 5.54 Å². The van der Waals surface area contributed by atoms with Crippen LogP contribution in [-0.2, 0) is 15.1 Å². The summed E-state index contributed by atoms with van der Waals surface area (Å²) in [6.45, 7) is 3.52. The van der Waals surface area contributed by atoms with Gasteiger partial charge in [-0.15, -0.1) is 0 Å². The van der Waals surface area contributed by atoms with Gasteiger partial charge in [-0.2, -0.15) is 0 Å². The first-order valence-corrected chi connectivity index (χ1v) is 11.1. The van der Waals surface area contributed by atoms with E-state index in [0.29, 0.717) is 0 Å². The summed E-state index contributed by atoms with van der Waals surface area (Å²) < 4.78 is 19.7. The van der Waals surface area contributed by atoms with Crippen molar-refractivity contribution in [2.24, 2.45) is 0 Å². The Hall–Kier alpha value is -3.67. The van der Waals surface area contributed by atoms with E-state index in [1.54, 1.807) is 13.8 Å².